The van der Waals surface area contributed by atoms with E-state index in [4.69, 9.17) is 15.0 Å². The molecule has 0 fully saturated rings. The molecule has 1 aromatic carbocycles. The maximum Gasteiger partial charge on any atom is 0.416 e. The van der Waals surface area contributed by atoms with Crippen molar-refractivity contribution in [2.75, 3.05) is 12.8 Å². The van der Waals surface area contributed by atoms with Crippen molar-refractivity contribution in [3.8, 4) is 11.5 Å². The van der Waals surface area contributed by atoms with Crippen LogP contribution in [0.25, 0.3) is 11.5 Å². The molecule has 0 aliphatic carbocycles. The lowest BCUT2D eigenvalue weighted by Gasteiger charge is -2.08. The minimum Gasteiger partial charge on any atom is -0.398 e. The Morgan fingerprint density at radius 3 is 2.71 bits per heavy atom. The third-order valence-corrected chi connectivity index (χ3v) is 2.95. The molecule has 2 rings (SSSR count). The van der Waals surface area contributed by atoms with E-state index in [9.17, 15) is 13.2 Å². The second-order valence-electron chi connectivity index (χ2n) is 4.57. The summed E-state index contributed by atoms with van der Waals surface area (Å²) in [5.41, 5.74) is 5.06. The predicted octanol–water partition coefficient (Wildman–Crippen LogP) is 2.92. The third-order valence-electron chi connectivity index (χ3n) is 2.95. The number of benzene rings is 1. The fourth-order valence-electron chi connectivity index (χ4n) is 1.70. The summed E-state index contributed by atoms with van der Waals surface area (Å²) in [6, 6.07) is 2.97. The highest BCUT2D eigenvalue weighted by atomic mass is 19.4. The SMILES string of the molecule is COC(C)Cc1noc(-c2cc(C(F)(F)F)ccc2N)n1. The zero-order chi connectivity index (χ0) is 15.6. The quantitative estimate of drug-likeness (QED) is 0.879. The molecule has 5 nitrogen and oxygen atoms in total. The Balaban J connectivity index is 2.33. The third kappa shape index (κ3) is 3.52. The largest absolute Gasteiger partial charge is 0.416 e. The molecule has 8 heteroatoms. The first-order chi connectivity index (χ1) is 9.81. The highest BCUT2D eigenvalue weighted by molar-refractivity contribution is 5.71. The Bertz CT molecular complexity index is 625. The van der Waals surface area contributed by atoms with Gasteiger partial charge in [-0.05, 0) is 25.1 Å². The number of methoxy groups -OCH3 is 1. The number of hydrogen-bond acceptors (Lipinski definition) is 5. The highest BCUT2D eigenvalue weighted by Crippen LogP contribution is 2.34. The highest BCUT2D eigenvalue weighted by Gasteiger charge is 2.31. The summed E-state index contributed by atoms with van der Waals surface area (Å²) in [6.45, 7) is 1.81. The van der Waals surface area contributed by atoms with Crippen LogP contribution in [-0.4, -0.2) is 23.4 Å². The Morgan fingerprint density at radius 2 is 2.10 bits per heavy atom. The molecule has 2 aromatic rings. The molecule has 1 aromatic heterocycles. The molecule has 1 unspecified atom stereocenters. The monoisotopic (exact) mass is 301 g/mol. The van der Waals surface area contributed by atoms with Crippen molar-refractivity contribution in [3.63, 3.8) is 0 Å². The van der Waals surface area contributed by atoms with Crippen LogP contribution in [0, 0.1) is 0 Å². The summed E-state index contributed by atoms with van der Waals surface area (Å²) in [6.07, 6.45) is -4.20. The number of anilines is 1. The lowest BCUT2D eigenvalue weighted by molar-refractivity contribution is -0.137. The summed E-state index contributed by atoms with van der Waals surface area (Å²) in [5, 5.41) is 3.71. The van der Waals surface area contributed by atoms with Gasteiger partial charge >= 0.3 is 6.18 Å². The number of alkyl halides is 3. The van der Waals surface area contributed by atoms with Crippen molar-refractivity contribution in [2.45, 2.75) is 25.6 Å². The lowest BCUT2D eigenvalue weighted by Crippen LogP contribution is -2.09. The van der Waals surface area contributed by atoms with Gasteiger partial charge in [-0.15, -0.1) is 0 Å². The van der Waals surface area contributed by atoms with Gasteiger partial charge < -0.3 is 15.0 Å². The van der Waals surface area contributed by atoms with Gasteiger partial charge in [0.1, 0.15) is 0 Å². The standard InChI is InChI=1S/C13H14F3N3O2/c1-7(20-2)5-11-18-12(21-19-11)9-6-8(13(14,15)16)3-4-10(9)17/h3-4,6-7H,5,17H2,1-2H3. The molecule has 0 radical (unpaired) electrons. The summed E-state index contributed by atoms with van der Waals surface area (Å²) in [4.78, 5) is 4.05. The molecule has 0 spiro atoms. The Kier molecular flexibility index (Phi) is 4.17. The van der Waals surface area contributed by atoms with Crippen LogP contribution in [0.4, 0.5) is 18.9 Å². The first kappa shape index (κ1) is 15.3. The maximum absolute atomic E-state index is 12.7. The second kappa shape index (κ2) is 5.72. The molecule has 1 heterocycles. The van der Waals surface area contributed by atoms with E-state index in [0.717, 1.165) is 12.1 Å². The van der Waals surface area contributed by atoms with Gasteiger partial charge in [-0.3, -0.25) is 0 Å². The number of nitrogens with two attached hydrogens (primary N) is 1. The first-order valence-corrected chi connectivity index (χ1v) is 6.13. The topological polar surface area (TPSA) is 74.2 Å². The smallest absolute Gasteiger partial charge is 0.398 e. The van der Waals surface area contributed by atoms with Crippen molar-refractivity contribution in [2.24, 2.45) is 0 Å². The van der Waals surface area contributed by atoms with Crippen LogP contribution in [-0.2, 0) is 17.3 Å². The molecular formula is C13H14F3N3O2. The van der Waals surface area contributed by atoms with Gasteiger partial charge in [0.05, 0.1) is 17.2 Å². The zero-order valence-electron chi connectivity index (χ0n) is 11.4. The van der Waals surface area contributed by atoms with Crippen molar-refractivity contribution in [1.29, 1.82) is 0 Å². The molecule has 0 aliphatic rings. The van der Waals surface area contributed by atoms with Gasteiger partial charge in [-0.25, -0.2) is 0 Å². The maximum atomic E-state index is 12.7. The molecule has 21 heavy (non-hydrogen) atoms. The van der Waals surface area contributed by atoms with Gasteiger partial charge in [-0.1, -0.05) is 5.16 Å². The van der Waals surface area contributed by atoms with E-state index in [0.29, 0.717) is 12.2 Å². The van der Waals surface area contributed by atoms with E-state index < -0.39 is 11.7 Å². The Morgan fingerprint density at radius 1 is 1.38 bits per heavy atom. The van der Waals surface area contributed by atoms with Gasteiger partial charge in [0, 0.05) is 19.2 Å². The van der Waals surface area contributed by atoms with Crippen LogP contribution in [0.15, 0.2) is 22.7 Å². The normalized spacial score (nSPS) is 13.4. The predicted molar refractivity (Wildman–Crippen MR) is 69.3 cm³/mol. The van der Waals surface area contributed by atoms with Gasteiger partial charge in [0.15, 0.2) is 5.82 Å². The van der Waals surface area contributed by atoms with E-state index >= 15 is 0 Å². The van der Waals surface area contributed by atoms with Gasteiger partial charge in [0.2, 0.25) is 0 Å². The fourth-order valence-corrected chi connectivity index (χ4v) is 1.70. The Hall–Kier alpha value is -2.09. The number of nitrogens with zero attached hydrogens (tertiary/aromatic N) is 2. The van der Waals surface area contributed by atoms with Crippen LogP contribution < -0.4 is 5.73 Å². The van der Waals surface area contributed by atoms with E-state index in [-0.39, 0.29) is 23.2 Å². The molecule has 2 N–H and O–H groups in total. The zero-order valence-corrected chi connectivity index (χ0v) is 11.4. The molecular weight excluding hydrogens is 287 g/mol. The molecule has 0 saturated heterocycles. The first-order valence-electron chi connectivity index (χ1n) is 6.13. The van der Waals surface area contributed by atoms with Crippen LogP contribution in [0.1, 0.15) is 18.3 Å². The van der Waals surface area contributed by atoms with E-state index in [2.05, 4.69) is 10.1 Å². The number of halogens is 3. The molecule has 1 atom stereocenters. The van der Waals surface area contributed by atoms with Crippen LogP contribution in [0.3, 0.4) is 0 Å². The minimum absolute atomic E-state index is 0.0445. The van der Waals surface area contributed by atoms with Crippen LogP contribution in [0.2, 0.25) is 0 Å². The lowest BCUT2D eigenvalue weighted by atomic mass is 10.1. The molecule has 0 bridgehead atoms. The summed E-state index contributed by atoms with van der Waals surface area (Å²) < 4.78 is 48.2. The molecule has 0 amide bonds. The number of nitrogen functional groups attached to an aromatic ring is 1. The number of ether oxygens (including phenoxy) is 1. The molecule has 0 aliphatic heterocycles. The molecule has 114 valence electrons. The average Bonchev–Trinajstić information content (AvgIpc) is 2.86. The van der Waals surface area contributed by atoms with E-state index in [1.807, 2.05) is 6.92 Å². The van der Waals surface area contributed by atoms with Crippen molar-refractivity contribution < 1.29 is 22.4 Å². The van der Waals surface area contributed by atoms with Crippen molar-refractivity contribution in [3.05, 3.63) is 29.6 Å². The van der Waals surface area contributed by atoms with Crippen LogP contribution in [0.5, 0.6) is 0 Å². The van der Waals surface area contributed by atoms with Gasteiger partial charge in [-0.2, -0.15) is 18.2 Å². The van der Waals surface area contributed by atoms with Crippen molar-refractivity contribution in [1.82, 2.24) is 10.1 Å². The number of aromatic nitrogens is 2. The van der Waals surface area contributed by atoms with E-state index in [1.165, 1.54) is 13.2 Å². The summed E-state index contributed by atoms with van der Waals surface area (Å²) in [7, 11) is 1.54. The molecule has 0 saturated carbocycles. The average molecular weight is 301 g/mol. The van der Waals surface area contributed by atoms with Crippen LogP contribution >= 0.6 is 0 Å². The second-order valence-corrected chi connectivity index (χ2v) is 4.57. The fraction of sp³-hybridized carbons (Fsp3) is 0.385. The summed E-state index contributed by atoms with van der Waals surface area (Å²) in [5.74, 6) is 0.299. The Labute approximate surface area is 118 Å². The summed E-state index contributed by atoms with van der Waals surface area (Å²) >= 11 is 0. The van der Waals surface area contributed by atoms with E-state index in [1.54, 1.807) is 0 Å². The van der Waals surface area contributed by atoms with Gasteiger partial charge in [0.25, 0.3) is 5.89 Å². The number of hydrogen-bond donors (Lipinski definition) is 1. The van der Waals surface area contributed by atoms with Crippen molar-refractivity contribution >= 4 is 5.69 Å². The number of rotatable bonds is 4. The minimum atomic E-state index is -4.46.